The van der Waals surface area contributed by atoms with E-state index in [2.05, 4.69) is 4.98 Å². The smallest absolute Gasteiger partial charge is 0.288 e. The first kappa shape index (κ1) is 15.0. The van der Waals surface area contributed by atoms with Gasteiger partial charge in [0.05, 0.1) is 23.3 Å². The first-order chi connectivity index (χ1) is 10.0. The molecule has 0 aliphatic rings. The Morgan fingerprint density at radius 2 is 2.33 bits per heavy atom. The summed E-state index contributed by atoms with van der Waals surface area (Å²) in [4.78, 5) is 27.7. The number of nitrogens with zero attached hydrogens (tertiary/aromatic N) is 3. The molecule has 2 aromatic heterocycles. The summed E-state index contributed by atoms with van der Waals surface area (Å²) < 4.78 is 5.19. The van der Waals surface area contributed by atoms with Gasteiger partial charge in [-0.2, -0.15) is 0 Å². The second-order valence-electron chi connectivity index (χ2n) is 4.19. The van der Waals surface area contributed by atoms with Crippen LogP contribution in [0.5, 0.6) is 0 Å². The Morgan fingerprint density at radius 1 is 1.57 bits per heavy atom. The Hall–Kier alpha value is -2.41. The molecule has 0 saturated heterocycles. The highest BCUT2D eigenvalue weighted by atomic mass is 35.5. The molecule has 2 heterocycles. The van der Waals surface area contributed by atoms with Crippen molar-refractivity contribution in [1.29, 1.82) is 0 Å². The number of pyridine rings is 1. The van der Waals surface area contributed by atoms with E-state index < -0.39 is 10.8 Å². The van der Waals surface area contributed by atoms with Crippen molar-refractivity contribution in [2.24, 2.45) is 0 Å². The van der Waals surface area contributed by atoms with Crippen LogP contribution >= 0.6 is 11.6 Å². The Bertz CT molecular complexity index is 657. The maximum absolute atomic E-state index is 12.4. The third kappa shape index (κ3) is 3.38. The van der Waals surface area contributed by atoms with Crippen LogP contribution in [0.15, 0.2) is 35.1 Å². The van der Waals surface area contributed by atoms with E-state index in [1.54, 1.807) is 19.1 Å². The number of furan rings is 1. The lowest BCUT2D eigenvalue weighted by atomic mass is 10.2. The van der Waals surface area contributed by atoms with Gasteiger partial charge >= 0.3 is 0 Å². The van der Waals surface area contributed by atoms with Crippen LogP contribution in [0.4, 0.5) is 5.69 Å². The van der Waals surface area contributed by atoms with E-state index in [1.807, 2.05) is 0 Å². The molecule has 0 spiro atoms. The topological polar surface area (TPSA) is 89.5 Å². The minimum absolute atomic E-state index is 0.000673. The van der Waals surface area contributed by atoms with Crippen LogP contribution in [-0.4, -0.2) is 27.3 Å². The molecule has 7 nitrogen and oxygen atoms in total. The average Bonchev–Trinajstić information content (AvgIpc) is 2.97. The number of aromatic nitrogens is 1. The summed E-state index contributed by atoms with van der Waals surface area (Å²) in [5, 5.41) is 10.7. The number of halogens is 1. The first-order valence-corrected chi connectivity index (χ1v) is 6.52. The van der Waals surface area contributed by atoms with E-state index in [0.717, 1.165) is 12.3 Å². The summed E-state index contributed by atoms with van der Waals surface area (Å²) >= 11 is 5.87. The Labute approximate surface area is 125 Å². The predicted octanol–water partition coefficient (Wildman–Crippen LogP) is 2.90. The van der Waals surface area contributed by atoms with Gasteiger partial charge in [0.1, 0.15) is 17.1 Å². The molecule has 1 amide bonds. The molecule has 8 heteroatoms. The highest BCUT2D eigenvalue weighted by molar-refractivity contribution is 6.32. The Morgan fingerprint density at radius 3 is 2.90 bits per heavy atom. The van der Waals surface area contributed by atoms with Crippen molar-refractivity contribution >= 4 is 23.2 Å². The van der Waals surface area contributed by atoms with Crippen LogP contribution < -0.4 is 0 Å². The highest BCUT2D eigenvalue weighted by Gasteiger charge is 2.22. The number of amides is 1. The highest BCUT2D eigenvalue weighted by Crippen LogP contribution is 2.21. The van der Waals surface area contributed by atoms with E-state index in [4.69, 9.17) is 16.0 Å². The van der Waals surface area contributed by atoms with E-state index in [1.165, 1.54) is 11.2 Å². The molecule has 0 aliphatic carbocycles. The fourth-order valence-electron chi connectivity index (χ4n) is 1.78. The number of carbonyl (C=O) groups excluding carboxylic acids is 1. The molecule has 0 aliphatic heterocycles. The van der Waals surface area contributed by atoms with Crippen LogP contribution in [-0.2, 0) is 6.54 Å². The molecule has 0 radical (unpaired) electrons. The van der Waals surface area contributed by atoms with Gasteiger partial charge in [-0.05, 0) is 19.1 Å². The van der Waals surface area contributed by atoms with Crippen LogP contribution in [0.1, 0.15) is 23.0 Å². The molecule has 0 N–H and O–H groups in total. The molecule has 0 aromatic carbocycles. The van der Waals surface area contributed by atoms with E-state index in [-0.39, 0.29) is 22.9 Å². The minimum atomic E-state index is -0.622. The average molecular weight is 310 g/mol. The van der Waals surface area contributed by atoms with Gasteiger partial charge in [-0.15, -0.1) is 0 Å². The monoisotopic (exact) mass is 309 g/mol. The number of nitro groups is 1. The molecular formula is C13H12ClN3O4. The number of rotatable bonds is 5. The normalized spacial score (nSPS) is 10.4. The standard InChI is InChI=1S/C13H12ClN3O4/c1-2-16(8-10-4-3-5-21-10)13(18)11-6-9(17(19)20)7-15-12(11)14/h3-7H,2,8H2,1H3. The third-order valence-electron chi connectivity index (χ3n) is 2.86. The lowest BCUT2D eigenvalue weighted by Crippen LogP contribution is -2.30. The van der Waals surface area contributed by atoms with Gasteiger partial charge in [0.25, 0.3) is 11.6 Å². The van der Waals surface area contributed by atoms with Crippen molar-refractivity contribution < 1.29 is 14.1 Å². The van der Waals surface area contributed by atoms with Crippen molar-refractivity contribution in [3.05, 3.63) is 57.3 Å². The fraction of sp³-hybridized carbons (Fsp3) is 0.231. The molecular weight excluding hydrogens is 298 g/mol. The summed E-state index contributed by atoms with van der Waals surface area (Å²) in [6, 6.07) is 4.58. The molecule has 110 valence electrons. The Kier molecular flexibility index (Phi) is 4.54. The summed E-state index contributed by atoms with van der Waals surface area (Å²) in [5.74, 6) is 0.176. The van der Waals surface area contributed by atoms with Gasteiger partial charge < -0.3 is 9.32 Å². The molecule has 2 aromatic rings. The van der Waals surface area contributed by atoms with Crippen LogP contribution in [0.2, 0.25) is 5.15 Å². The summed E-state index contributed by atoms with van der Waals surface area (Å²) in [6.45, 7) is 2.44. The SMILES string of the molecule is CCN(Cc1ccco1)C(=O)c1cc([N+](=O)[O-])cnc1Cl. The maximum Gasteiger partial charge on any atom is 0.288 e. The van der Waals surface area contributed by atoms with Crippen LogP contribution in [0, 0.1) is 10.1 Å². The zero-order valence-electron chi connectivity index (χ0n) is 11.2. The van der Waals surface area contributed by atoms with Crippen molar-refractivity contribution in [3.63, 3.8) is 0 Å². The third-order valence-corrected chi connectivity index (χ3v) is 3.16. The van der Waals surface area contributed by atoms with E-state index in [9.17, 15) is 14.9 Å². The first-order valence-electron chi connectivity index (χ1n) is 6.14. The van der Waals surface area contributed by atoms with Crippen molar-refractivity contribution in [3.8, 4) is 0 Å². The molecule has 0 atom stereocenters. The molecule has 21 heavy (non-hydrogen) atoms. The Balaban J connectivity index is 2.28. The van der Waals surface area contributed by atoms with Gasteiger partial charge in [-0.1, -0.05) is 11.6 Å². The fourth-order valence-corrected chi connectivity index (χ4v) is 1.96. The number of carbonyl (C=O) groups is 1. The maximum atomic E-state index is 12.4. The molecule has 2 rings (SSSR count). The summed E-state index contributed by atoms with van der Waals surface area (Å²) in [5.41, 5.74) is -0.281. The lowest BCUT2D eigenvalue weighted by Gasteiger charge is -2.19. The lowest BCUT2D eigenvalue weighted by molar-refractivity contribution is -0.385. The number of hydrogen-bond acceptors (Lipinski definition) is 5. The zero-order valence-corrected chi connectivity index (χ0v) is 11.9. The second-order valence-corrected chi connectivity index (χ2v) is 4.55. The zero-order chi connectivity index (χ0) is 15.4. The van der Waals surface area contributed by atoms with Crippen molar-refractivity contribution in [2.75, 3.05) is 6.54 Å². The molecule has 0 saturated carbocycles. The number of hydrogen-bond donors (Lipinski definition) is 0. The van der Waals surface area contributed by atoms with Crippen LogP contribution in [0.25, 0.3) is 0 Å². The molecule has 0 fully saturated rings. The van der Waals surface area contributed by atoms with Gasteiger partial charge in [0, 0.05) is 12.6 Å². The summed E-state index contributed by atoms with van der Waals surface area (Å²) in [7, 11) is 0. The van der Waals surface area contributed by atoms with Crippen molar-refractivity contribution in [2.45, 2.75) is 13.5 Å². The molecule has 0 unspecified atom stereocenters. The van der Waals surface area contributed by atoms with Gasteiger partial charge in [0.2, 0.25) is 0 Å². The quantitative estimate of drug-likeness (QED) is 0.481. The predicted molar refractivity (Wildman–Crippen MR) is 75.0 cm³/mol. The van der Waals surface area contributed by atoms with Gasteiger partial charge in [0.15, 0.2) is 0 Å². The van der Waals surface area contributed by atoms with Crippen LogP contribution in [0.3, 0.4) is 0 Å². The van der Waals surface area contributed by atoms with Gasteiger partial charge in [-0.3, -0.25) is 14.9 Å². The minimum Gasteiger partial charge on any atom is -0.467 e. The van der Waals surface area contributed by atoms with E-state index in [0.29, 0.717) is 12.3 Å². The van der Waals surface area contributed by atoms with Gasteiger partial charge in [-0.25, -0.2) is 4.98 Å². The molecule has 0 bridgehead atoms. The van der Waals surface area contributed by atoms with Crippen molar-refractivity contribution in [1.82, 2.24) is 9.88 Å². The second kappa shape index (κ2) is 6.36. The van der Waals surface area contributed by atoms with E-state index >= 15 is 0 Å². The largest absolute Gasteiger partial charge is 0.467 e. The summed E-state index contributed by atoms with van der Waals surface area (Å²) in [6.07, 6.45) is 2.53.